The molecule has 0 bridgehead atoms. The van der Waals surface area contributed by atoms with Crippen LogP contribution in [0.25, 0.3) is 32.9 Å². The fourth-order valence-electron chi connectivity index (χ4n) is 4.43. The van der Waals surface area contributed by atoms with E-state index in [0.717, 1.165) is 47.1 Å². The lowest BCUT2D eigenvalue weighted by Crippen LogP contribution is -2.26. The van der Waals surface area contributed by atoms with Crippen LogP contribution in [0.4, 0.5) is 5.82 Å². The lowest BCUT2D eigenvalue weighted by Gasteiger charge is -2.22. The van der Waals surface area contributed by atoms with Gasteiger partial charge < -0.3 is 14.6 Å². The van der Waals surface area contributed by atoms with Gasteiger partial charge in [-0.15, -0.1) is 0 Å². The summed E-state index contributed by atoms with van der Waals surface area (Å²) in [7, 11) is 0. The van der Waals surface area contributed by atoms with Gasteiger partial charge in [-0.2, -0.15) is 0 Å². The molecule has 0 amide bonds. The molecule has 1 aliphatic rings. The number of benzene rings is 3. The van der Waals surface area contributed by atoms with Crippen LogP contribution in [0.15, 0.2) is 72.9 Å². The Kier molecular flexibility index (Phi) is 4.13. The highest BCUT2D eigenvalue weighted by atomic mass is 16.5. The molecule has 1 aliphatic heterocycles. The molecular formula is C26H22N4O. The molecule has 0 unspecified atom stereocenters. The Hall–Kier alpha value is -3.86. The Bertz CT molecular complexity index is 1420. The Labute approximate surface area is 180 Å². The van der Waals surface area contributed by atoms with Crippen molar-refractivity contribution in [2.75, 3.05) is 18.1 Å². The van der Waals surface area contributed by atoms with E-state index in [1.807, 2.05) is 13.1 Å². The van der Waals surface area contributed by atoms with Crippen LogP contribution in [0.1, 0.15) is 11.4 Å². The molecule has 152 valence electrons. The number of hydrogen-bond donors (Lipinski definition) is 1. The molecule has 5 nitrogen and oxygen atoms in total. The van der Waals surface area contributed by atoms with E-state index >= 15 is 0 Å². The molecule has 31 heavy (non-hydrogen) atoms. The average molecular weight is 406 g/mol. The zero-order valence-electron chi connectivity index (χ0n) is 17.3. The summed E-state index contributed by atoms with van der Waals surface area (Å²) in [6.07, 6.45) is 1.89. The first-order chi connectivity index (χ1) is 15.2. The summed E-state index contributed by atoms with van der Waals surface area (Å²) in [5, 5.41) is 2.37. The SMILES string of the molecule is Cc1nc2ccc(-c3ccc4c(c3)CN(c3nccc5ccccc35)CCO4)cc2[nH]1. The zero-order valence-corrected chi connectivity index (χ0v) is 17.3. The largest absolute Gasteiger partial charge is 0.491 e. The predicted molar refractivity (Wildman–Crippen MR) is 125 cm³/mol. The second-order valence-corrected chi connectivity index (χ2v) is 8.00. The first-order valence-corrected chi connectivity index (χ1v) is 10.6. The molecule has 5 heteroatoms. The van der Waals surface area contributed by atoms with Gasteiger partial charge in [0.2, 0.25) is 0 Å². The van der Waals surface area contributed by atoms with Crippen molar-refractivity contribution in [1.29, 1.82) is 0 Å². The summed E-state index contributed by atoms with van der Waals surface area (Å²) < 4.78 is 6.09. The molecule has 6 rings (SSSR count). The topological polar surface area (TPSA) is 54.0 Å². The summed E-state index contributed by atoms with van der Waals surface area (Å²) in [4.78, 5) is 14.9. The smallest absolute Gasteiger partial charge is 0.136 e. The second-order valence-electron chi connectivity index (χ2n) is 8.00. The van der Waals surface area contributed by atoms with E-state index in [1.54, 1.807) is 0 Å². The summed E-state index contributed by atoms with van der Waals surface area (Å²) in [5.74, 6) is 2.89. The Balaban J connectivity index is 1.40. The first kappa shape index (κ1) is 18.0. The van der Waals surface area contributed by atoms with Crippen LogP contribution in [-0.4, -0.2) is 28.1 Å². The van der Waals surface area contributed by atoms with Gasteiger partial charge in [0.1, 0.15) is 24.0 Å². The fourth-order valence-corrected chi connectivity index (χ4v) is 4.43. The minimum absolute atomic E-state index is 0.636. The van der Waals surface area contributed by atoms with Crippen LogP contribution in [0.3, 0.4) is 0 Å². The fraction of sp³-hybridized carbons (Fsp3) is 0.154. The van der Waals surface area contributed by atoms with Crippen molar-refractivity contribution >= 4 is 27.6 Å². The van der Waals surface area contributed by atoms with E-state index in [0.29, 0.717) is 6.61 Å². The lowest BCUT2D eigenvalue weighted by molar-refractivity contribution is 0.331. The minimum atomic E-state index is 0.636. The maximum Gasteiger partial charge on any atom is 0.136 e. The van der Waals surface area contributed by atoms with Crippen LogP contribution in [-0.2, 0) is 6.54 Å². The molecule has 3 aromatic carbocycles. The minimum Gasteiger partial charge on any atom is -0.491 e. The monoisotopic (exact) mass is 406 g/mol. The number of pyridine rings is 1. The van der Waals surface area contributed by atoms with Gasteiger partial charge in [0.15, 0.2) is 0 Å². The highest BCUT2D eigenvalue weighted by Gasteiger charge is 2.19. The maximum absolute atomic E-state index is 6.09. The number of ether oxygens (including phenoxy) is 1. The van der Waals surface area contributed by atoms with Gasteiger partial charge in [0.25, 0.3) is 0 Å². The molecule has 0 atom stereocenters. The number of rotatable bonds is 2. The van der Waals surface area contributed by atoms with E-state index in [9.17, 15) is 0 Å². The van der Waals surface area contributed by atoms with Crippen molar-refractivity contribution in [2.24, 2.45) is 0 Å². The van der Waals surface area contributed by atoms with Crippen LogP contribution in [0, 0.1) is 6.92 Å². The molecular weight excluding hydrogens is 384 g/mol. The average Bonchev–Trinajstić information content (AvgIpc) is 3.04. The van der Waals surface area contributed by atoms with Crippen molar-refractivity contribution < 1.29 is 4.74 Å². The molecule has 0 saturated carbocycles. The number of aromatic nitrogens is 3. The molecule has 2 aromatic heterocycles. The lowest BCUT2D eigenvalue weighted by atomic mass is 10.0. The third-order valence-electron chi connectivity index (χ3n) is 5.93. The highest BCUT2D eigenvalue weighted by molar-refractivity contribution is 5.92. The zero-order chi connectivity index (χ0) is 20.8. The quantitative estimate of drug-likeness (QED) is 0.421. The van der Waals surface area contributed by atoms with Gasteiger partial charge in [0, 0.05) is 23.7 Å². The third-order valence-corrected chi connectivity index (χ3v) is 5.93. The molecule has 0 saturated heterocycles. The standard InChI is InChI=1S/C26H22N4O/c1-17-28-23-8-6-20(15-24(23)29-17)19-7-9-25-21(14-19)16-30(12-13-31-25)26-22-5-3-2-4-18(22)10-11-27-26/h2-11,14-15H,12-13,16H2,1H3,(H,28,29). The van der Waals surface area contributed by atoms with Gasteiger partial charge in [-0.25, -0.2) is 9.97 Å². The maximum atomic E-state index is 6.09. The summed E-state index contributed by atoms with van der Waals surface area (Å²) >= 11 is 0. The van der Waals surface area contributed by atoms with Gasteiger partial charge in [-0.3, -0.25) is 0 Å². The van der Waals surface area contributed by atoms with Gasteiger partial charge in [-0.1, -0.05) is 36.4 Å². The molecule has 0 aliphatic carbocycles. The van der Waals surface area contributed by atoms with E-state index in [1.165, 1.54) is 21.9 Å². The molecule has 0 radical (unpaired) electrons. The number of hydrogen-bond acceptors (Lipinski definition) is 4. The number of nitrogens with one attached hydrogen (secondary N) is 1. The van der Waals surface area contributed by atoms with E-state index in [-0.39, 0.29) is 0 Å². The number of anilines is 1. The second kappa shape index (κ2) is 7.13. The van der Waals surface area contributed by atoms with Gasteiger partial charge in [-0.05, 0) is 53.8 Å². The van der Waals surface area contributed by atoms with Crippen LogP contribution in [0.5, 0.6) is 5.75 Å². The summed E-state index contributed by atoms with van der Waals surface area (Å²) in [6.45, 7) is 4.17. The molecule has 1 N–H and O–H groups in total. The normalized spacial score (nSPS) is 13.8. The predicted octanol–water partition coefficient (Wildman–Crippen LogP) is 5.49. The number of nitrogens with zero attached hydrogens (tertiary/aromatic N) is 3. The summed E-state index contributed by atoms with van der Waals surface area (Å²) in [5.41, 5.74) is 5.56. The van der Waals surface area contributed by atoms with E-state index < -0.39 is 0 Å². The van der Waals surface area contributed by atoms with E-state index in [4.69, 9.17) is 9.72 Å². The summed E-state index contributed by atoms with van der Waals surface area (Å²) in [6, 6.07) is 23.3. The molecule has 0 spiro atoms. The van der Waals surface area contributed by atoms with Crippen molar-refractivity contribution in [3.05, 3.63) is 84.3 Å². The molecule has 3 heterocycles. The Morgan fingerprint density at radius 1 is 0.968 bits per heavy atom. The van der Waals surface area contributed by atoms with Gasteiger partial charge >= 0.3 is 0 Å². The first-order valence-electron chi connectivity index (χ1n) is 10.6. The number of aryl methyl sites for hydroxylation is 1. The van der Waals surface area contributed by atoms with Crippen LogP contribution in [0.2, 0.25) is 0 Å². The van der Waals surface area contributed by atoms with E-state index in [2.05, 4.69) is 81.6 Å². The number of aromatic amines is 1. The Morgan fingerprint density at radius 2 is 1.84 bits per heavy atom. The number of imidazole rings is 1. The van der Waals surface area contributed by atoms with Crippen molar-refractivity contribution in [1.82, 2.24) is 15.0 Å². The molecule has 0 fully saturated rings. The van der Waals surface area contributed by atoms with Gasteiger partial charge in [0.05, 0.1) is 17.6 Å². The highest BCUT2D eigenvalue weighted by Crippen LogP contribution is 2.33. The van der Waals surface area contributed by atoms with Crippen LogP contribution >= 0.6 is 0 Å². The number of fused-ring (bicyclic) bond motifs is 3. The van der Waals surface area contributed by atoms with Crippen molar-refractivity contribution in [3.63, 3.8) is 0 Å². The Morgan fingerprint density at radius 3 is 2.81 bits per heavy atom. The third kappa shape index (κ3) is 3.19. The molecule has 5 aromatic rings. The van der Waals surface area contributed by atoms with Crippen LogP contribution < -0.4 is 9.64 Å². The van der Waals surface area contributed by atoms with Crippen molar-refractivity contribution in [3.8, 4) is 16.9 Å². The number of H-pyrrole nitrogens is 1. The van der Waals surface area contributed by atoms with Crippen molar-refractivity contribution in [2.45, 2.75) is 13.5 Å².